The predicted molar refractivity (Wildman–Crippen MR) is 127 cm³/mol. The summed E-state index contributed by atoms with van der Waals surface area (Å²) in [7, 11) is 0. The van der Waals surface area contributed by atoms with E-state index in [0.29, 0.717) is 30.2 Å². The van der Waals surface area contributed by atoms with Crippen LogP contribution in [0.2, 0.25) is 0 Å². The van der Waals surface area contributed by atoms with Crippen molar-refractivity contribution in [3.8, 4) is 0 Å². The molecule has 0 aliphatic heterocycles. The number of H-pyrrole nitrogens is 1. The van der Waals surface area contributed by atoms with Gasteiger partial charge < -0.3 is 19.6 Å². The quantitative estimate of drug-likeness (QED) is 0.419. The molecule has 0 spiro atoms. The van der Waals surface area contributed by atoms with Crippen LogP contribution in [0.4, 0.5) is 4.39 Å². The van der Waals surface area contributed by atoms with Crippen LogP contribution in [0.25, 0.3) is 22.0 Å². The normalized spacial score (nSPS) is 18.8. The number of para-hydroxylation sites is 1. The molecule has 2 N–H and O–H groups in total. The number of benzene rings is 2. The fourth-order valence-electron chi connectivity index (χ4n) is 5.05. The third-order valence-electron chi connectivity index (χ3n) is 6.83. The number of hydrogen-bond donors (Lipinski definition) is 2. The second kappa shape index (κ2) is 8.98. The number of aryl methyl sites for hydroxylation is 1. The van der Waals surface area contributed by atoms with Gasteiger partial charge in [-0.25, -0.2) is 9.37 Å². The van der Waals surface area contributed by atoms with Gasteiger partial charge in [0.05, 0.1) is 17.6 Å². The lowest BCUT2D eigenvalue weighted by atomic mass is 9.89. The van der Waals surface area contributed by atoms with Crippen LogP contribution in [0.1, 0.15) is 54.5 Å². The van der Waals surface area contributed by atoms with Crippen molar-refractivity contribution >= 4 is 27.9 Å². The van der Waals surface area contributed by atoms with E-state index in [4.69, 9.17) is 4.42 Å². The Balaban J connectivity index is 1.27. The zero-order valence-corrected chi connectivity index (χ0v) is 19.0. The lowest BCUT2D eigenvalue weighted by Gasteiger charge is -2.37. The molecule has 1 fully saturated rings. The molecule has 2 aromatic carbocycles. The number of imidazole rings is 1. The molecular formula is C26H29FN4O2. The summed E-state index contributed by atoms with van der Waals surface area (Å²) in [5, 5.41) is 4.81. The van der Waals surface area contributed by atoms with E-state index < -0.39 is 0 Å². The van der Waals surface area contributed by atoms with E-state index in [9.17, 15) is 9.18 Å². The lowest BCUT2D eigenvalue weighted by molar-refractivity contribution is 0.0616. The molecule has 172 valence electrons. The zero-order chi connectivity index (χ0) is 22.9. The predicted octanol–water partition coefficient (Wildman–Crippen LogP) is 5.32. The Bertz CT molecular complexity index is 1290. The minimum Gasteiger partial charge on any atom is -0.459 e. The highest BCUT2D eigenvalue weighted by Gasteiger charge is 2.30. The molecule has 0 saturated heterocycles. The Morgan fingerprint density at radius 1 is 1.27 bits per heavy atom. The summed E-state index contributed by atoms with van der Waals surface area (Å²) in [6.07, 6.45) is 3.98. The Hall–Kier alpha value is -3.19. The monoisotopic (exact) mass is 448 g/mol. The maximum absolute atomic E-state index is 13.5. The number of rotatable bonds is 6. The van der Waals surface area contributed by atoms with E-state index in [1.54, 1.807) is 6.07 Å². The summed E-state index contributed by atoms with van der Waals surface area (Å²) in [6.45, 7) is 5.37. The van der Waals surface area contributed by atoms with Crippen molar-refractivity contribution in [2.45, 2.75) is 58.2 Å². The maximum atomic E-state index is 13.5. The average Bonchev–Trinajstić information content (AvgIpc) is 3.39. The first-order chi connectivity index (χ1) is 16.0. The van der Waals surface area contributed by atoms with Gasteiger partial charge in [-0.2, -0.15) is 0 Å². The molecular weight excluding hydrogens is 419 g/mol. The van der Waals surface area contributed by atoms with Gasteiger partial charge in [-0.15, -0.1) is 0 Å². The van der Waals surface area contributed by atoms with Crippen LogP contribution in [0.5, 0.6) is 0 Å². The number of carbonyl (C=O) groups is 1. The van der Waals surface area contributed by atoms with Gasteiger partial charge in [-0.1, -0.05) is 18.2 Å². The topological polar surface area (TPSA) is 74.2 Å². The summed E-state index contributed by atoms with van der Waals surface area (Å²) < 4.78 is 19.6. The van der Waals surface area contributed by atoms with Crippen molar-refractivity contribution in [2.24, 2.45) is 0 Å². The van der Waals surface area contributed by atoms with Crippen LogP contribution >= 0.6 is 0 Å². The van der Waals surface area contributed by atoms with Crippen LogP contribution in [-0.2, 0) is 6.54 Å². The van der Waals surface area contributed by atoms with Gasteiger partial charge in [-0.05, 0) is 63.3 Å². The highest BCUT2D eigenvalue weighted by atomic mass is 19.1. The number of nitrogens with one attached hydrogen (secondary N) is 2. The fourth-order valence-corrected chi connectivity index (χ4v) is 5.05. The molecule has 2 aromatic heterocycles. The standard InChI is InChI=1S/C26H29FN4O2/c1-3-31(26(32)25-29-21-12-11-17(27)13-22(21)30-25)19-8-6-7-18(14-19)28-15-24-16(2)20-9-4-5-10-23(20)33-24/h4-5,9-13,18-19,28H,3,6-8,14-15H2,1-2H3,(H,29,30). The maximum Gasteiger partial charge on any atom is 0.289 e. The molecule has 5 rings (SSSR count). The second-order valence-electron chi connectivity index (χ2n) is 8.88. The van der Waals surface area contributed by atoms with E-state index in [-0.39, 0.29) is 23.6 Å². The molecule has 0 bridgehead atoms. The van der Waals surface area contributed by atoms with E-state index in [0.717, 1.165) is 42.4 Å². The smallest absolute Gasteiger partial charge is 0.289 e. The number of amides is 1. The molecule has 1 amide bonds. The first kappa shape index (κ1) is 21.6. The number of furan rings is 1. The molecule has 7 heteroatoms. The van der Waals surface area contributed by atoms with Crippen LogP contribution in [0.3, 0.4) is 0 Å². The van der Waals surface area contributed by atoms with Crippen molar-refractivity contribution in [1.82, 2.24) is 20.2 Å². The van der Waals surface area contributed by atoms with Crippen molar-refractivity contribution in [2.75, 3.05) is 6.54 Å². The third-order valence-corrected chi connectivity index (χ3v) is 6.83. The average molecular weight is 449 g/mol. The van der Waals surface area contributed by atoms with Crippen molar-refractivity contribution in [1.29, 1.82) is 0 Å². The Morgan fingerprint density at radius 3 is 2.94 bits per heavy atom. The van der Waals surface area contributed by atoms with Gasteiger partial charge in [0.1, 0.15) is 17.2 Å². The third kappa shape index (κ3) is 4.25. The number of halogens is 1. The van der Waals surface area contributed by atoms with Crippen molar-refractivity contribution in [3.05, 3.63) is 65.4 Å². The first-order valence-electron chi connectivity index (χ1n) is 11.7. The minimum absolute atomic E-state index is 0.132. The van der Waals surface area contributed by atoms with Crippen LogP contribution in [0.15, 0.2) is 46.9 Å². The Kier molecular flexibility index (Phi) is 5.89. The number of carbonyl (C=O) groups excluding carboxylic acids is 1. The highest BCUT2D eigenvalue weighted by molar-refractivity contribution is 5.94. The van der Waals surface area contributed by atoms with Gasteiger partial charge in [0, 0.05) is 30.1 Å². The molecule has 0 radical (unpaired) electrons. The Morgan fingerprint density at radius 2 is 2.12 bits per heavy atom. The first-order valence-corrected chi connectivity index (χ1v) is 11.7. The molecule has 1 aliphatic rings. The van der Waals surface area contributed by atoms with E-state index >= 15 is 0 Å². The molecule has 6 nitrogen and oxygen atoms in total. The number of hydrogen-bond acceptors (Lipinski definition) is 4. The SMILES string of the molecule is CCN(C(=O)c1nc2cc(F)ccc2[nH]1)C1CCCC(NCc2oc3ccccc3c2C)C1. The van der Waals surface area contributed by atoms with Gasteiger partial charge in [-0.3, -0.25) is 4.79 Å². The van der Waals surface area contributed by atoms with Gasteiger partial charge >= 0.3 is 0 Å². The number of aromatic amines is 1. The van der Waals surface area contributed by atoms with E-state index in [2.05, 4.69) is 28.3 Å². The van der Waals surface area contributed by atoms with Gasteiger partial charge in [0.15, 0.2) is 5.82 Å². The summed E-state index contributed by atoms with van der Waals surface area (Å²) >= 11 is 0. The molecule has 2 heterocycles. The molecule has 2 unspecified atom stereocenters. The zero-order valence-electron chi connectivity index (χ0n) is 19.0. The van der Waals surface area contributed by atoms with E-state index in [1.165, 1.54) is 17.7 Å². The van der Waals surface area contributed by atoms with Crippen LogP contribution in [0, 0.1) is 12.7 Å². The second-order valence-corrected chi connectivity index (χ2v) is 8.88. The summed E-state index contributed by atoms with van der Waals surface area (Å²) in [4.78, 5) is 22.6. The van der Waals surface area contributed by atoms with E-state index in [1.807, 2.05) is 30.0 Å². The number of nitrogens with zero attached hydrogens (tertiary/aromatic N) is 2. The number of fused-ring (bicyclic) bond motifs is 2. The largest absolute Gasteiger partial charge is 0.459 e. The highest BCUT2D eigenvalue weighted by Crippen LogP contribution is 2.27. The minimum atomic E-state index is -0.360. The summed E-state index contributed by atoms with van der Waals surface area (Å²) in [6, 6.07) is 12.9. The summed E-state index contributed by atoms with van der Waals surface area (Å²) in [5.41, 5.74) is 3.23. The van der Waals surface area contributed by atoms with Gasteiger partial charge in [0.25, 0.3) is 5.91 Å². The van der Waals surface area contributed by atoms with Crippen molar-refractivity contribution < 1.29 is 13.6 Å². The van der Waals surface area contributed by atoms with Crippen molar-refractivity contribution in [3.63, 3.8) is 0 Å². The number of aromatic nitrogens is 2. The molecule has 1 aliphatic carbocycles. The van der Waals surface area contributed by atoms with Crippen LogP contribution < -0.4 is 5.32 Å². The van der Waals surface area contributed by atoms with Gasteiger partial charge in [0.2, 0.25) is 0 Å². The Labute approximate surface area is 192 Å². The summed E-state index contributed by atoms with van der Waals surface area (Å²) in [5.74, 6) is 0.746. The lowest BCUT2D eigenvalue weighted by Crippen LogP contribution is -2.47. The molecule has 1 saturated carbocycles. The molecule has 33 heavy (non-hydrogen) atoms. The van der Waals surface area contributed by atoms with Crippen LogP contribution in [-0.4, -0.2) is 39.4 Å². The molecule has 2 atom stereocenters. The fraction of sp³-hybridized carbons (Fsp3) is 0.385. The molecule has 4 aromatic rings.